The molecule has 0 aliphatic carbocycles. The molecule has 0 radical (unpaired) electrons. The molecule has 1 aromatic heterocycles. The molecule has 0 fully saturated rings. The van der Waals surface area contributed by atoms with Gasteiger partial charge in [0.1, 0.15) is 17.1 Å². The van der Waals surface area contributed by atoms with E-state index in [-0.39, 0.29) is 28.1 Å². The SMILES string of the molecule is COC(=O)c1cc(Cl)nnc1Oc1ccc(OC(F)F)cc1. The number of alkyl halides is 2. The lowest BCUT2D eigenvalue weighted by Gasteiger charge is -2.09. The number of nitrogens with zero attached hydrogens (tertiary/aromatic N) is 2. The van der Waals surface area contributed by atoms with E-state index >= 15 is 0 Å². The first kappa shape index (κ1) is 15.9. The van der Waals surface area contributed by atoms with Crippen molar-refractivity contribution in [2.24, 2.45) is 0 Å². The Balaban J connectivity index is 2.21. The third-order valence-electron chi connectivity index (χ3n) is 2.40. The van der Waals surface area contributed by atoms with Crippen LogP contribution in [-0.2, 0) is 4.74 Å². The van der Waals surface area contributed by atoms with Gasteiger partial charge < -0.3 is 14.2 Å². The third kappa shape index (κ3) is 4.01. The molecule has 0 bridgehead atoms. The average molecular weight is 331 g/mol. The lowest BCUT2D eigenvalue weighted by atomic mass is 10.3. The first-order valence-electron chi connectivity index (χ1n) is 5.84. The molecule has 0 spiro atoms. The Morgan fingerprint density at radius 3 is 2.41 bits per heavy atom. The van der Waals surface area contributed by atoms with Gasteiger partial charge in [-0.1, -0.05) is 11.6 Å². The number of benzene rings is 1. The maximum atomic E-state index is 12.1. The second kappa shape index (κ2) is 6.99. The van der Waals surface area contributed by atoms with E-state index in [0.717, 1.165) is 0 Å². The number of hydrogen-bond donors (Lipinski definition) is 0. The minimum Gasteiger partial charge on any atom is -0.465 e. The Morgan fingerprint density at radius 1 is 1.18 bits per heavy atom. The summed E-state index contributed by atoms with van der Waals surface area (Å²) in [6, 6.07) is 6.54. The van der Waals surface area contributed by atoms with Crippen molar-refractivity contribution in [1.29, 1.82) is 0 Å². The largest absolute Gasteiger partial charge is 0.465 e. The van der Waals surface area contributed by atoms with Crippen molar-refractivity contribution >= 4 is 17.6 Å². The van der Waals surface area contributed by atoms with Crippen LogP contribution in [0.5, 0.6) is 17.4 Å². The van der Waals surface area contributed by atoms with Gasteiger partial charge in [-0.3, -0.25) is 0 Å². The highest BCUT2D eigenvalue weighted by Crippen LogP contribution is 2.26. The van der Waals surface area contributed by atoms with Gasteiger partial charge in [0.05, 0.1) is 7.11 Å². The molecule has 0 N–H and O–H groups in total. The molecule has 0 aliphatic rings. The van der Waals surface area contributed by atoms with Gasteiger partial charge in [0.25, 0.3) is 5.88 Å². The summed E-state index contributed by atoms with van der Waals surface area (Å²) in [5.41, 5.74) is -0.0181. The normalized spacial score (nSPS) is 10.4. The van der Waals surface area contributed by atoms with E-state index in [4.69, 9.17) is 16.3 Å². The molecule has 0 amide bonds. The predicted octanol–water partition coefficient (Wildman–Crippen LogP) is 3.31. The molecule has 0 saturated heterocycles. The number of hydrogen-bond acceptors (Lipinski definition) is 6. The molecule has 22 heavy (non-hydrogen) atoms. The highest BCUT2D eigenvalue weighted by atomic mass is 35.5. The summed E-state index contributed by atoms with van der Waals surface area (Å²) >= 11 is 5.67. The second-order valence-electron chi connectivity index (χ2n) is 3.83. The van der Waals surface area contributed by atoms with Crippen LogP contribution >= 0.6 is 11.6 Å². The van der Waals surface area contributed by atoms with Crippen molar-refractivity contribution in [2.45, 2.75) is 6.61 Å². The van der Waals surface area contributed by atoms with Gasteiger partial charge in [0.15, 0.2) is 5.15 Å². The van der Waals surface area contributed by atoms with Gasteiger partial charge >= 0.3 is 12.6 Å². The van der Waals surface area contributed by atoms with Crippen molar-refractivity contribution in [2.75, 3.05) is 7.11 Å². The molecule has 2 rings (SSSR count). The van der Waals surface area contributed by atoms with Crippen LogP contribution in [0.2, 0.25) is 5.15 Å². The number of carbonyl (C=O) groups is 1. The Hall–Kier alpha value is -2.48. The lowest BCUT2D eigenvalue weighted by Crippen LogP contribution is -2.06. The maximum Gasteiger partial charge on any atom is 0.387 e. The molecule has 0 aliphatic heterocycles. The number of methoxy groups -OCH3 is 1. The zero-order chi connectivity index (χ0) is 16.1. The van der Waals surface area contributed by atoms with Gasteiger partial charge in [0, 0.05) is 0 Å². The van der Waals surface area contributed by atoms with E-state index in [1.807, 2.05) is 0 Å². The second-order valence-corrected chi connectivity index (χ2v) is 4.22. The Labute approximate surface area is 128 Å². The van der Waals surface area contributed by atoms with E-state index in [1.54, 1.807) is 0 Å². The minimum atomic E-state index is -2.92. The van der Waals surface area contributed by atoms with Crippen LogP contribution in [0.1, 0.15) is 10.4 Å². The van der Waals surface area contributed by atoms with Crippen molar-refractivity contribution in [3.63, 3.8) is 0 Å². The van der Waals surface area contributed by atoms with Gasteiger partial charge in [-0.25, -0.2) is 4.79 Å². The summed E-state index contributed by atoms with van der Waals surface area (Å²) in [5, 5.41) is 7.22. The van der Waals surface area contributed by atoms with Crippen molar-refractivity contribution in [3.8, 4) is 17.4 Å². The number of halogens is 3. The molecular weight excluding hydrogens is 322 g/mol. The van der Waals surface area contributed by atoms with Crippen LogP contribution in [0.15, 0.2) is 30.3 Å². The number of esters is 1. The highest BCUT2D eigenvalue weighted by molar-refractivity contribution is 6.29. The summed E-state index contributed by atoms with van der Waals surface area (Å²) in [6.45, 7) is -2.92. The zero-order valence-corrected chi connectivity index (χ0v) is 11.9. The monoisotopic (exact) mass is 330 g/mol. The predicted molar refractivity (Wildman–Crippen MR) is 71.5 cm³/mol. The number of ether oxygens (including phenoxy) is 3. The molecule has 9 heteroatoms. The highest BCUT2D eigenvalue weighted by Gasteiger charge is 2.17. The molecule has 6 nitrogen and oxygen atoms in total. The molecule has 116 valence electrons. The average Bonchev–Trinajstić information content (AvgIpc) is 2.49. The standard InChI is InChI=1S/C13H9ClF2N2O4/c1-20-12(19)9-6-10(14)17-18-11(9)21-7-2-4-8(5-3-7)22-13(15)16/h2-6,13H,1H3. The maximum absolute atomic E-state index is 12.1. The molecule has 0 atom stereocenters. The summed E-state index contributed by atoms with van der Waals surface area (Å²) in [7, 11) is 1.19. The lowest BCUT2D eigenvalue weighted by molar-refractivity contribution is -0.0498. The molecular formula is C13H9ClF2N2O4. The van der Waals surface area contributed by atoms with Crippen LogP contribution < -0.4 is 9.47 Å². The molecule has 1 aromatic carbocycles. The Kier molecular flexibility index (Phi) is 5.05. The fourth-order valence-corrected chi connectivity index (χ4v) is 1.64. The van der Waals surface area contributed by atoms with Crippen LogP contribution in [0, 0.1) is 0 Å². The third-order valence-corrected chi connectivity index (χ3v) is 2.58. The van der Waals surface area contributed by atoms with Gasteiger partial charge in [-0.2, -0.15) is 8.78 Å². The number of rotatable bonds is 5. The fraction of sp³-hybridized carbons (Fsp3) is 0.154. The van der Waals surface area contributed by atoms with Crippen molar-refractivity contribution < 1.29 is 27.8 Å². The van der Waals surface area contributed by atoms with Crippen LogP contribution in [0.3, 0.4) is 0 Å². The van der Waals surface area contributed by atoms with Gasteiger partial charge in [-0.05, 0) is 30.3 Å². The first-order valence-corrected chi connectivity index (χ1v) is 6.21. The number of carbonyl (C=O) groups excluding carboxylic acids is 1. The Morgan fingerprint density at radius 2 is 1.82 bits per heavy atom. The zero-order valence-electron chi connectivity index (χ0n) is 11.1. The van der Waals surface area contributed by atoms with Gasteiger partial charge in [0.2, 0.25) is 0 Å². The molecule has 0 unspecified atom stereocenters. The van der Waals surface area contributed by atoms with Crippen LogP contribution in [-0.4, -0.2) is 29.9 Å². The summed E-state index contributed by atoms with van der Waals surface area (Å²) in [4.78, 5) is 11.6. The Bertz CT molecular complexity index is 668. The summed E-state index contributed by atoms with van der Waals surface area (Å²) in [6.07, 6.45) is 0. The summed E-state index contributed by atoms with van der Waals surface area (Å²) in [5.74, 6) is -0.621. The van der Waals surface area contributed by atoms with Crippen molar-refractivity contribution in [3.05, 3.63) is 41.0 Å². The van der Waals surface area contributed by atoms with E-state index in [0.29, 0.717) is 0 Å². The molecule has 1 heterocycles. The summed E-state index contributed by atoms with van der Waals surface area (Å²) < 4.78 is 38.3. The van der Waals surface area contributed by atoms with Crippen LogP contribution in [0.25, 0.3) is 0 Å². The van der Waals surface area contributed by atoms with E-state index < -0.39 is 12.6 Å². The van der Waals surface area contributed by atoms with Crippen LogP contribution in [0.4, 0.5) is 8.78 Å². The van der Waals surface area contributed by atoms with E-state index in [9.17, 15) is 13.6 Å². The molecule has 2 aromatic rings. The fourth-order valence-electron chi connectivity index (χ4n) is 1.49. The first-order chi connectivity index (χ1) is 10.5. The quantitative estimate of drug-likeness (QED) is 0.783. The van der Waals surface area contributed by atoms with Crippen molar-refractivity contribution in [1.82, 2.24) is 10.2 Å². The van der Waals surface area contributed by atoms with Gasteiger partial charge in [-0.15, -0.1) is 10.2 Å². The van der Waals surface area contributed by atoms with E-state index in [1.165, 1.54) is 37.4 Å². The van der Waals surface area contributed by atoms with E-state index in [2.05, 4.69) is 19.7 Å². The smallest absolute Gasteiger partial charge is 0.387 e. The molecule has 0 saturated carbocycles. The number of aromatic nitrogens is 2. The minimum absolute atomic E-state index is 0.00608. The topological polar surface area (TPSA) is 70.5 Å².